The Hall–Kier alpha value is -2.04. The number of epoxide rings is 2. The molecule has 4 atom stereocenters. The number of rotatable bonds is 18. The molecule has 4 nitrogen and oxygen atoms in total. The molecule has 0 radical (unpaired) electrons. The van der Waals surface area contributed by atoms with Crippen LogP contribution in [0.2, 0.25) is 0 Å². The summed E-state index contributed by atoms with van der Waals surface area (Å²) in [4.78, 5) is 0. The zero-order valence-electron chi connectivity index (χ0n) is 34.4. The molecular weight excluding hydrogens is 604 g/mol. The van der Waals surface area contributed by atoms with Crippen LogP contribution in [0.1, 0.15) is 183 Å². The van der Waals surface area contributed by atoms with E-state index < -0.39 is 0 Å². The van der Waals surface area contributed by atoms with E-state index in [4.69, 9.17) is 18.9 Å². The SMILES string of the molecule is CCC(Oc1c(C(C)(C)CC)cc(C(C)(C)c2cc(C(C)(C)CC)c(OC(CC)C3CO3)c(C(C)(C)CC)c2)cc1C(C)(C)CC)C1CO1. The van der Waals surface area contributed by atoms with Crippen molar-refractivity contribution in [3.8, 4) is 11.5 Å². The molecule has 0 aromatic heterocycles. The van der Waals surface area contributed by atoms with Crippen LogP contribution in [0.25, 0.3) is 0 Å². The summed E-state index contributed by atoms with van der Waals surface area (Å²) >= 11 is 0. The first-order chi connectivity index (χ1) is 22.7. The lowest BCUT2D eigenvalue weighted by molar-refractivity contribution is 0.148. The van der Waals surface area contributed by atoms with Gasteiger partial charge in [0.1, 0.15) is 35.9 Å². The van der Waals surface area contributed by atoms with Crippen molar-refractivity contribution in [3.05, 3.63) is 57.6 Å². The molecule has 2 aliphatic heterocycles. The summed E-state index contributed by atoms with van der Waals surface area (Å²) < 4.78 is 25.8. The molecule has 49 heavy (non-hydrogen) atoms. The van der Waals surface area contributed by atoms with E-state index in [0.717, 1.165) is 63.2 Å². The molecule has 4 heteroatoms. The van der Waals surface area contributed by atoms with Crippen molar-refractivity contribution in [1.29, 1.82) is 0 Å². The summed E-state index contributed by atoms with van der Waals surface area (Å²) in [5, 5.41) is 0. The number of hydrogen-bond donors (Lipinski definition) is 0. The summed E-state index contributed by atoms with van der Waals surface area (Å²) in [5.41, 5.74) is 7.41. The fourth-order valence-electron chi connectivity index (χ4n) is 6.86. The topological polar surface area (TPSA) is 43.5 Å². The number of benzene rings is 2. The van der Waals surface area contributed by atoms with Gasteiger partial charge in [0.05, 0.1) is 13.2 Å². The molecule has 276 valence electrons. The van der Waals surface area contributed by atoms with Gasteiger partial charge in [-0.25, -0.2) is 0 Å². The summed E-state index contributed by atoms with van der Waals surface area (Å²) in [6.07, 6.45) is 6.47. The van der Waals surface area contributed by atoms with Crippen molar-refractivity contribution >= 4 is 0 Å². The van der Waals surface area contributed by atoms with Crippen LogP contribution in [-0.4, -0.2) is 37.6 Å². The van der Waals surface area contributed by atoms with Crippen molar-refractivity contribution in [1.82, 2.24) is 0 Å². The van der Waals surface area contributed by atoms with E-state index in [9.17, 15) is 0 Å². The van der Waals surface area contributed by atoms with Gasteiger partial charge in [-0.3, -0.25) is 0 Å². The van der Waals surface area contributed by atoms with Gasteiger partial charge in [0.2, 0.25) is 0 Å². The highest BCUT2D eigenvalue weighted by Gasteiger charge is 2.41. The second-order valence-corrected chi connectivity index (χ2v) is 18.2. The lowest BCUT2D eigenvalue weighted by atomic mass is 9.68. The van der Waals surface area contributed by atoms with Gasteiger partial charge < -0.3 is 18.9 Å². The summed E-state index contributed by atoms with van der Waals surface area (Å²) in [6, 6.07) is 9.97. The van der Waals surface area contributed by atoms with Gasteiger partial charge in [-0.15, -0.1) is 0 Å². The van der Waals surface area contributed by atoms with E-state index in [1.807, 2.05) is 0 Å². The molecule has 2 aromatic carbocycles. The Labute approximate surface area is 301 Å². The van der Waals surface area contributed by atoms with Crippen molar-refractivity contribution in [2.24, 2.45) is 0 Å². The van der Waals surface area contributed by atoms with Crippen LogP contribution in [0.4, 0.5) is 0 Å². The Bertz CT molecular complexity index is 1250. The Morgan fingerprint density at radius 3 is 0.939 bits per heavy atom. The van der Waals surface area contributed by atoms with E-state index in [1.54, 1.807) is 0 Å². The predicted octanol–water partition coefficient (Wildman–Crippen LogP) is 11.9. The second kappa shape index (κ2) is 14.5. The van der Waals surface area contributed by atoms with Crippen LogP contribution >= 0.6 is 0 Å². The van der Waals surface area contributed by atoms with Gasteiger partial charge >= 0.3 is 0 Å². The number of ether oxygens (including phenoxy) is 4. The molecule has 0 spiro atoms. The maximum absolute atomic E-state index is 7.09. The average Bonchev–Trinajstić information content (AvgIpc) is 4.00. The third-order valence-corrected chi connectivity index (χ3v) is 13.0. The molecule has 0 aliphatic carbocycles. The summed E-state index contributed by atoms with van der Waals surface area (Å²) in [5.74, 6) is 2.16. The van der Waals surface area contributed by atoms with Gasteiger partial charge in [-0.05, 0) is 71.3 Å². The lowest BCUT2D eigenvalue weighted by Gasteiger charge is -2.39. The first-order valence-corrected chi connectivity index (χ1v) is 19.7. The van der Waals surface area contributed by atoms with Crippen LogP contribution in [0, 0.1) is 0 Å². The molecule has 0 amide bonds. The van der Waals surface area contributed by atoms with Crippen LogP contribution in [0.5, 0.6) is 11.5 Å². The van der Waals surface area contributed by atoms with Crippen LogP contribution in [0.15, 0.2) is 24.3 Å². The summed E-state index contributed by atoms with van der Waals surface area (Å²) in [6.45, 7) is 39.2. The molecule has 2 heterocycles. The minimum absolute atomic E-state index is 0.0643. The van der Waals surface area contributed by atoms with Gasteiger partial charge in [0.15, 0.2) is 0 Å². The molecule has 0 N–H and O–H groups in total. The largest absolute Gasteiger partial charge is 0.487 e. The quantitative estimate of drug-likeness (QED) is 0.147. The molecule has 0 saturated carbocycles. The lowest BCUT2D eigenvalue weighted by Crippen LogP contribution is -2.31. The maximum Gasteiger partial charge on any atom is 0.127 e. The first kappa shape index (κ1) is 39.7. The van der Waals surface area contributed by atoms with Crippen molar-refractivity contribution in [2.75, 3.05) is 13.2 Å². The standard InChI is InChI=1S/C45H72O4/c1-17-35(37-27-46-37)48-39-31(41(7,8)19-3)23-29(24-32(39)42(9,10)20-4)45(15,16)30-25-33(43(11,12)21-5)40(34(26-30)44(13,14)22-6)49-36(18-2)38-28-47-38/h23-26,35-38H,17-22,27-28H2,1-16H3. The molecule has 0 bridgehead atoms. The maximum atomic E-state index is 7.09. The highest BCUT2D eigenvalue weighted by Crippen LogP contribution is 2.50. The Morgan fingerprint density at radius 1 is 0.510 bits per heavy atom. The molecular formula is C45H72O4. The second-order valence-electron chi connectivity index (χ2n) is 18.2. The van der Waals surface area contributed by atoms with Crippen LogP contribution in [-0.2, 0) is 36.5 Å². The third-order valence-electron chi connectivity index (χ3n) is 13.0. The monoisotopic (exact) mass is 677 g/mol. The fourth-order valence-corrected chi connectivity index (χ4v) is 6.86. The van der Waals surface area contributed by atoms with E-state index in [0.29, 0.717) is 0 Å². The normalized spacial score (nSPS) is 19.8. The van der Waals surface area contributed by atoms with Crippen LogP contribution < -0.4 is 9.47 Å². The van der Waals surface area contributed by atoms with Crippen LogP contribution in [0.3, 0.4) is 0 Å². The van der Waals surface area contributed by atoms with Crippen molar-refractivity contribution in [3.63, 3.8) is 0 Å². The molecule has 2 saturated heterocycles. The van der Waals surface area contributed by atoms with Gasteiger partial charge in [0.25, 0.3) is 0 Å². The Balaban J connectivity index is 2.04. The van der Waals surface area contributed by atoms with Crippen molar-refractivity contribution < 1.29 is 18.9 Å². The van der Waals surface area contributed by atoms with Gasteiger partial charge in [0, 0.05) is 27.7 Å². The smallest absolute Gasteiger partial charge is 0.127 e. The number of hydrogen-bond acceptors (Lipinski definition) is 4. The van der Waals surface area contributed by atoms with Gasteiger partial charge in [-0.2, -0.15) is 0 Å². The zero-order valence-corrected chi connectivity index (χ0v) is 34.4. The van der Waals surface area contributed by atoms with E-state index >= 15 is 0 Å². The minimum Gasteiger partial charge on any atom is -0.487 e. The third kappa shape index (κ3) is 8.22. The first-order valence-electron chi connectivity index (χ1n) is 19.7. The van der Waals surface area contributed by atoms with E-state index in [2.05, 4.69) is 135 Å². The summed E-state index contributed by atoms with van der Waals surface area (Å²) in [7, 11) is 0. The molecule has 4 unspecified atom stereocenters. The Kier molecular flexibility index (Phi) is 11.8. The highest BCUT2D eigenvalue weighted by molar-refractivity contribution is 5.58. The fraction of sp³-hybridized carbons (Fsp3) is 0.733. The van der Waals surface area contributed by atoms with E-state index in [-0.39, 0.29) is 51.5 Å². The molecule has 2 aliphatic rings. The highest BCUT2D eigenvalue weighted by atomic mass is 16.6. The average molecular weight is 677 g/mol. The van der Waals surface area contributed by atoms with E-state index in [1.165, 1.54) is 33.4 Å². The van der Waals surface area contributed by atoms with Crippen molar-refractivity contribution in [2.45, 2.75) is 201 Å². The molecule has 2 aromatic rings. The Morgan fingerprint density at radius 2 is 0.755 bits per heavy atom. The molecule has 2 fully saturated rings. The van der Waals surface area contributed by atoms with Gasteiger partial charge in [-0.1, -0.05) is 135 Å². The molecule has 4 rings (SSSR count). The zero-order chi connectivity index (χ0) is 36.7. The predicted molar refractivity (Wildman–Crippen MR) is 207 cm³/mol. The minimum atomic E-state index is -0.279.